The van der Waals surface area contributed by atoms with E-state index in [2.05, 4.69) is 47.2 Å². The summed E-state index contributed by atoms with van der Waals surface area (Å²) >= 11 is 0. The predicted octanol–water partition coefficient (Wildman–Crippen LogP) is 3.95. The van der Waals surface area contributed by atoms with Crippen molar-refractivity contribution in [1.82, 2.24) is 9.97 Å². The summed E-state index contributed by atoms with van der Waals surface area (Å²) in [5.74, 6) is 1.72. The van der Waals surface area contributed by atoms with Crippen LogP contribution in [0.25, 0.3) is 0 Å². The first kappa shape index (κ1) is 14.8. The Morgan fingerprint density at radius 1 is 1.05 bits per heavy atom. The van der Waals surface area contributed by atoms with Gasteiger partial charge in [-0.1, -0.05) is 32.0 Å². The molecule has 0 radical (unpaired) electrons. The fraction of sp³-hybridized carbons (Fsp3) is 0.444. The van der Waals surface area contributed by atoms with Crippen LogP contribution in [-0.2, 0) is 12.8 Å². The second-order valence-corrected chi connectivity index (χ2v) is 5.72. The Labute approximate surface area is 132 Å². The van der Waals surface area contributed by atoms with Crippen molar-refractivity contribution in [2.75, 3.05) is 23.3 Å². The Bertz CT molecular complexity index is 610. The van der Waals surface area contributed by atoms with Crippen molar-refractivity contribution in [3.8, 4) is 0 Å². The van der Waals surface area contributed by atoms with Crippen molar-refractivity contribution < 1.29 is 0 Å². The quantitative estimate of drug-likeness (QED) is 0.907. The van der Waals surface area contributed by atoms with Crippen LogP contribution in [0.3, 0.4) is 0 Å². The number of hydrogen-bond donors (Lipinski definition) is 1. The molecule has 0 atom stereocenters. The highest BCUT2D eigenvalue weighted by Gasteiger charge is 2.15. The Morgan fingerprint density at radius 2 is 1.73 bits per heavy atom. The zero-order valence-corrected chi connectivity index (χ0v) is 13.5. The Balaban J connectivity index is 1.88. The molecule has 1 fully saturated rings. The van der Waals surface area contributed by atoms with Crippen LogP contribution in [0.4, 0.5) is 17.5 Å². The van der Waals surface area contributed by atoms with E-state index >= 15 is 0 Å². The van der Waals surface area contributed by atoms with Gasteiger partial charge in [0.1, 0.15) is 5.82 Å². The topological polar surface area (TPSA) is 41.1 Å². The minimum absolute atomic E-state index is 0.842. The normalized spacial score (nSPS) is 14.4. The summed E-state index contributed by atoms with van der Waals surface area (Å²) < 4.78 is 0. The van der Waals surface area contributed by atoms with Crippen LogP contribution in [0.1, 0.15) is 37.8 Å². The van der Waals surface area contributed by atoms with Gasteiger partial charge >= 0.3 is 0 Å². The molecule has 0 saturated carbocycles. The zero-order valence-electron chi connectivity index (χ0n) is 13.5. The number of para-hydroxylation sites is 1. The van der Waals surface area contributed by atoms with Crippen molar-refractivity contribution in [3.63, 3.8) is 0 Å². The molecule has 116 valence electrons. The van der Waals surface area contributed by atoms with Gasteiger partial charge in [-0.3, -0.25) is 0 Å². The lowest BCUT2D eigenvalue weighted by molar-refractivity contribution is 0.900. The van der Waals surface area contributed by atoms with E-state index in [0.717, 1.165) is 37.7 Å². The van der Waals surface area contributed by atoms with E-state index in [1.807, 2.05) is 12.3 Å². The van der Waals surface area contributed by atoms with Gasteiger partial charge in [0.15, 0.2) is 0 Å². The number of nitrogens with zero attached hydrogens (tertiary/aromatic N) is 3. The number of aryl methyl sites for hydroxylation is 2. The van der Waals surface area contributed by atoms with Crippen molar-refractivity contribution in [1.29, 1.82) is 0 Å². The molecule has 2 aromatic rings. The summed E-state index contributed by atoms with van der Waals surface area (Å²) in [4.78, 5) is 11.4. The smallest absolute Gasteiger partial charge is 0.227 e. The van der Waals surface area contributed by atoms with Crippen molar-refractivity contribution in [2.45, 2.75) is 39.5 Å². The molecule has 0 spiro atoms. The minimum atomic E-state index is 0.842. The van der Waals surface area contributed by atoms with Crippen LogP contribution in [0.5, 0.6) is 0 Å². The van der Waals surface area contributed by atoms with E-state index in [9.17, 15) is 0 Å². The van der Waals surface area contributed by atoms with E-state index in [4.69, 9.17) is 4.98 Å². The Morgan fingerprint density at radius 3 is 2.36 bits per heavy atom. The van der Waals surface area contributed by atoms with E-state index in [1.165, 1.54) is 29.7 Å². The molecule has 1 aromatic carbocycles. The second-order valence-electron chi connectivity index (χ2n) is 5.72. The number of hydrogen-bond acceptors (Lipinski definition) is 4. The largest absolute Gasteiger partial charge is 0.341 e. The van der Waals surface area contributed by atoms with Crippen LogP contribution < -0.4 is 10.2 Å². The third-order valence-electron chi connectivity index (χ3n) is 4.28. The van der Waals surface area contributed by atoms with Crippen LogP contribution in [-0.4, -0.2) is 23.1 Å². The predicted molar refractivity (Wildman–Crippen MR) is 92.0 cm³/mol. The lowest BCUT2D eigenvalue weighted by Crippen LogP contribution is -2.20. The number of rotatable bonds is 5. The summed E-state index contributed by atoms with van der Waals surface area (Å²) in [6, 6.07) is 8.46. The maximum atomic E-state index is 4.70. The molecular weight excluding hydrogens is 272 g/mol. The Kier molecular flexibility index (Phi) is 4.56. The molecule has 1 saturated heterocycles. The molecule has 22 heavy (non-hydrogen) atoms. The van der Waals surface area contributed by atoms with Gasteiger partial charge in [0.05, 0.1) is 0 Å². The van der Waals surface area contributed by atoms with E-state index in [0.29, 0.717) is 0 Å². The molecule has 2 heterocycles. The molecule has 3 rings (SSSR count). The van der Waals surface area contributed by atoms with E-state index < -0.39 is 0 Å². The lowest BCUT2D eigenvalue weighted by atomic mass is 10.0. The van der Waals surface area contributed by atoms with Gasteiger partial charge < -0.3 is 10.2 Å². The van der Waals surface area contributed by atoms with Crippen LogP contribution in [0.2, 0.25) is 0 Å². The van der Waals surface area contributed by atoms with Crippen molar-refractivity contribution >= 4 is 17.5 Å². The molecule has 4 heteroatoms. The maximum Gasteiger partial charge on any atom is 0.227 e. The Hall–Kier alpha value is -2.10. The summed E-state index contributed by atoms with van der Waals surface area (Å²) in [6.07, 6.45) is 6.35. The monoisotopic (exact) mass is 296 g/mol. The maximum absolute atomic E-state index is 4.70. The number of nitrogens with one attached hydrogen (secondary N) is 1. The van der Waals surface area contributed by atoms with E-state index in [1.54, 1.807) is 0 Å². The third kappa shape index (κ3) is 3.06. The van der Waals surface area contributed by atoms with Crippen molar-refractivity contribution in [2.24, 2.45) is 0 Å². The van der Waals surface area contributed by atoms with Gasteiger partial charge in [0, 0.05) is 25.0 Å². The van der Waals surface area contributed by atoms with E-state index in [-0.39, 0.29) is 0 Å². The first-order valence-corrected chi connectivity index (χ1v) is 8.27. The summed E-state index contributed by atoms with van der Waals surface area (Å²) in [5, 5.41) is 3.53. The summed E-state index contributed by atoms with van der Waals surface area (Å²) in [5.41, 5.74) is 3.87. The summed E-state index contributed by atoms with van der Waals surface area (Å²) in [6.45, 7) is 6.51. The average molecular weight is 296 g/mol. The fourth-order valence-electron chi connectivity index (χ4n) is 3.02. The molecule has 4 nitrogen and oxygen atoms in total. The standard InChI is InChI=1S/C18H24N4/c1-3-14-8-7-9-15(4-2)17(14)20-16-10-11-19-18(21-16)22-12-5-6-13-22/h7-11H,3-6,12-13H2,1-2H3,(H,19,20,21). The molecule has 1 aliphatic heterocycles. The molecule has 0 amide bonds. The fourth-order valence-corrected chi connectivity index (χ4v) is 3.02. The highest BCUT2D eigenvalue weighted by Crippen LogP contribution is 2.26. The van der Waals surface area contributed by atoms with Crippen LogP contribution in [0, 0.1) is 0 Å². The first-order chi connectivity index (χ1) is 10.8. The van der Waals surface area contributed by atoms with Gasteiger partial charge in [-0.2, -0.15) is 4.98 Å². The summed E-state index contributed by atoms with van der Waals surface area (Å²) in [7, 11) is 0. The molecule has 1 aliphatic rings. The van der Waals surface area contributed by atoms with Crippen molar-refractivity contribution in [3.05, 3.63) is 41.6 Å². The first-order valence-electron chi connectivity index (χ1n) is 8.27. The number of benzene rings is 1. The minimum Gasteiger partial charge on any atom is -0.341 e. The number of aromatic nitrogens is 2. The molecule has 1 N–H and O–H groups in total. The highest BCUT2D eigenvalue weighted by atomic mass is 15.3. The van der Waals surface area contributed by atoms with Gasteiger partial charge in [0.25, 0.3) is 0 Å². The molecule has 0 aliphatic carbocycles. The zero-order chi connectivity index (χ0) is 15.4. The SMILES string of the molecule is CCc1cccc(CC)c1Nc1ccnc(N2CCCC2)n1. The molecular formula is C18H24N4. The third-order valence-corrected chi connectivity index (χ3v) is 4.28. The van der Waals surface area contributed by atoms with Crippen LogP contribution >= 0.6 is 0 Å². The molecule has 0 unspecified atom stereocenters. The van der Waals surface area contributed by atoms with Gasteiger partial charge in [-0.05, 0) is 42.9 Å². The van der Waals surface area contributed by atoms with Gasteiger partial charge in [-0.25, -0.2) is 4.98 Å². The van der Waals surface area contributed by atoms with Gasteiger partial charge in [-0.15, -0.1) is 0 Å². The second kappa shape index (κ2) is 6.77. The van der Waals surface area contributed by atoms with Gasteiger partial charge in [0.2, 0.25) is 5.95 Å². The number of anilines is 3. The average Bonchev–Trinajstić information content (AvgIpc) is 3.10. The highest BCUT2D eigenvalue weighted by molar-refractivity contribution is 5.65. The lowest BCUT2D eigenvalue weighted by Gasteiger charge is -2.18. The molecule has 0 bridgehead atoms. The van der Waals surface area contributed by atoms with Crippen LogP contribution in [0.15, 0.2) is 30.5 Å². The molecule has 1 aromatic heterocycles.